The van der Waals surface area contributed by atoms with Crippen LogP contribution in [0.5, 0.6) is 0 Å². The Kier molecular flexibility index (Phi) is 2.19. The number of fused-ring (bicyclic) bond motifs is 1. The molecule has 0 amide bonds. The molecule has 2 heteroatoms. The number of likely N-dealkylation sites (N-methyl/N-ethyl adjacent to an activating group) is 1. The summed E-state index contributed by atoms with van der Waals surface area (Å²) in [6, 6.07) is 4.00. The fourth-order valence-corrected chi connectivity index (χ4v) is 1.98. The molecule has 0 aromatic carbocycles. The Hall–Kier alpha value is -1.83. The number of hydrogen-bond acceptors (Lipinski definition) is 2. The van der Waals surface area contributed by atoms with E-state index in [1.165, 1.54) is 0 Å². The van der Waals surface area contributed by atoms with Crippen molar-refractivity contribution in [2.75, 3.05) is 14.1 Å². The molecular weight excluding hydrogens is 184 g/mol. The number of rotatable bonds is 2. The standard InChI is InChI=1S/C13H14N2/c1-5-10-11-7-6-8-14-12(11)9(2)13(10)15(3)4/h5-8H,1-2H2,3-4H3. The van der Waals surface area contributed by atoms with Crippen LogP contribution < -0.4 is 0 Å². The van der Waals surface area contributed by atoms with E-state index in [1.807, 2.05) is 26.2 Å². The second-order valence-electron chi connectivity index (χ2n) is 3.74. The zero-order valence-corrected chi connectivity index (χ0v) is 9.12. The fraction of sp³-hybridized carbons (Fsp3) is 0.154. The van der Waals surface area contributed by atoms with Crippen LogP contribution in [0.25, 0.3) is 11.1 Å². The minimum Gasteiger partial charge on any atom is -0.377 e. The van der Waals surface area contributed by atoms with E-state index < -0.39 is 0 Å². The van der Waals surface area contributed by atoms with Gasteiger partial charge in [0.2, 0.25) is 0 Å². The van der Waals surface area contributed by atoms with Crippen LogP contribution in [0.3, 0.4) is 0 Å². The van der Waals surface area contributed by atoms with Crippen molar-refractivity contribution in [3.63, 3.8) is 0 Å². The van der Waals surface area contributed by atoms with Gasteiger partial charge in [0, 0.05) is 37.0 Å². The maximum atomic E-state index is 4.36. The third kappa shape index (κ3) is 1.30. The average molecular weight is 198 g/mol. The molecule has 0 radical (unpaired) electrons. The summed E-state index contributed by atoms with van der Waals surface area (Å²) in [6.07, 6.45) is 3.66. The van der Waals surface area contributed by atoms with Crippen LogP contribution in [-0.4, -0.2) is 24.0 Å². The molecule has 0 saturated carbocycles. The quantitative estimate of drug-likeness (QED) is 0.726. The minimum absolute atomic E-state index is 0.969. The summed E-state index contributed by atoms with van der Waals surface area (Å²) in [6.45, 7) is 7.94. The first-order valence-electron chi connectivity index (χ1n) is 4.86. The largest absolute Gasteiger partial charge is 0.377 e. The number of hydrogen-bond donors (Lipinski definition) is 0. The lowest BCUT2D eigenvalue weighted by atomic mass is 10.1. The Morgan fingerprint density at radius 1 is 1.40 bits per heavy atom. The van der Waals surface area contributed by atoms with Crippen LogP contribution in [0.1, 0.15) is 11.3 Å². The molecule has 2 nitrogen and oxygen atoms in total. The molecule has 1 heterocycles. The van der Waals surface area contributed by atoms with E-state index in [4.69, 9.17) is 0 Å². The summed E-state index contributed by atoms with van der Waals surface area (Å²) in [5.74, 6) is 0. The van der Waals surface area contributed by atoms with Crippen molar-refractivity contribution in [1.29, 1.82) is 0 Å². The molecule has 15 heavy (non-hydrogen) atoms. The highest BCUT2D eigenvalue weighted by atomic mass is 15.1. The van der Waals surface area contributed by atoms with Crippen LogP contribution in [0, 0.1) is 0 Å². The topological polar surface area (TPSA) is 16.1 Å². The molecule has 0 bridgehead atoms. The second-order valence-corrected chi connectivity index (χ2v) is 3.74. The van der Waals surface area contributed by atoms with Gasteiger partial charge in [-0.05, 0) is 6.07 Å². The summed E-state index contributed by atoms with van der Waals surface area (Å²) in [4.78, 5) is 6.41. The molecule has 1 aliphatic carbocycles. The van der Waals surface area contributed by atoms with Crippen LogP contribution in [0.15, 0.2) is 43.3 Å². The van der Waals surface area contributed by atoms with Gasteiger partial charge in [0.15, 0.2) is 0 Å². The predicted molar refractivity (Wildman–Crippen MR) is 64.1 cm³/mol. The van der Waals surface area contributed by atoms with Crippen molar-refractivity contribution in [2.45, 2.75) is 0 Å². The molecule has 2 rings (SSSR count). The van der Waals surface area contributed by atoms with Gasteiger partial charge in [0.1, 0.15) is 0 Å². The molecule has 1 aromatic rings. The average Bonchev–Trinajstić information content (AvgIpc) is 2.52. The number of allylic oxidation sites excluding steroid dienone is 3. The van der Waals surface area contributed by atoms with Crippen molar-refractivity contribution in [3.05, 3.63) is 54.5 Å². The van der Waals surface area contributed by atoms with Gasteiger partial charge >= 0.3 is 0 Å². The molecule has 0 spiro atoms. The Morgan fingerprint density at radius 2 is 2.13 bits per heavy atom. The van der Waals surface area contributed by atoms with E-state index in [2.05, 4.69) is 29.1 Å². The number of nitrogens with zero attached hydrogens (tertiary/aromatic N) is 2. The van der Waals surface area contributed by atoms with Gasteiger partial charge in [-0.1, -0.05) is 25.3 Å². The van der Waals surface area contributed by atoms with Crippen molar-refractivity contribution in [1.82, 2.24) is 9.88 Å². The minimum atomic E-state index is 0.969. The third-order valence-electron chi connectivity index (χ3n) is 2.58. The van der Waals surface area contributed by atoms with Crippen molar-refractivity contribution >= 4 is 11.1 Å². The summed E-state index contributed by atoms with van der Waals surface area (Å²) < 4.78 is 0. The lowest BCUT2D eigenvalue weighted by Gasteiger charge is -2.16. The van der Waals surface area contributed by atoms with E-state index in [0.717, 1.165) is 28.1 Å². The number of pyridine rings is 1. The van der Waals surface area contributed by atoms with Gasteiger partial charge < -0.3 is 4.90 Å². The molecular formula is C13H14N2. The van der Waals surface area contributed by atoms with Gasteiger partial charge in [0.25, 0.3) is 0 Å². The molecule has 0 aliphatic heterocycles. The van der Waals surface area contributed by atoms with E-state index >= 15 is 0 Å². The maximum absolute atomic E-state index is 4.36. The zero-order valence-electron chi connectivity index (χ0n) is 9.12. The highest BCUT2D eigenvalue weighted by Gasteiger charge is 2.25. The Morgan fingerprint density at radius 3 is 2.73 bits per heavy atom. The molecule has 0 unspecified atom stereocenters. The first-order valence-corrected chi connectivity index (χ1v) is 4.86. The highest BCUT2D eigenvalue weighted by Crippen LogP contribution is 2.39. The lowest BCUT2D eigenvalue weighted by molar-refractivity contribution is 0.539. The van der Waals surface area contributed by atoms with Gasteiger partial charge in [-0.15, -0.1) is 0 Å². The normalized spacial score (nSPS) is 14.1. The van der Waals surface area contributed by atoms with Gasteiger partial charge in [0.05, 0.1) is 11.4 Å². The monoisotopic (exact) mass is 198 g/mol. The van der Waals surface area contributed by atoms with Gasteiger partial charge in [-0.3, -0.25) is 4.98 Å². The van der Waals surface area contributed by atoms with Crippen molar-refractivity contribution in [3.8, 4) is 0 Å². The SMILES string of the molecule is C=CC1=C(N(C)C)C(=C)c2ncccc21. The van der Waals surface area contributed by atoms with Crippen molar-refractivity contribution in [2.24, 2.45) is 0 Å². The van der Waals surface area contributed by atoms with Gasteiger partial charge in [-0.2, -0.15) is 0 Å². The Balaban J connectivity index is 2.69. The fourth-order valence-electron chi connectivity index (χ4n) is 1.98. The first-order chi connectivity index (χ1) is 7.16. The first kappa shape index (κ1) is 9.71. The summed E-state index contributed by atoms with van der Waals surface area (Å²) in [7, 11) is 4.02. The predicted octanol–water partition coefficient (Wildman–Crippen LogP) is 2.57. The lowest BCUT2D eigenvalue weighted by Crippen LogP contribution is -2.11. The van der Waals surface area contributed by atoms with Crippen LogP contribution in [0.4, 0.5) is 0 Å². The third-order valence-corrected chi connectivity index (χ3v) is 2.58. The highest BCUT2D eigenvalue weighted by molar-refractivity contribution is 6.00. The summed E-state index contributed by atoms with van der Waals surface area (Å²) in [5.41, 5.74) is 5.30. The van der Waals surface area contributed by atoms with E-state index in [1.54, 1.807) is 6.20 Å². The smallest absolute Gasteiger partial charge is 0.0796 e. The molecule has 76 valence electrons. The zero-order chi connectivity index (χ0) is 11.0. The van der Waals surface area contributed by atoms with Crippen LogP contribution in [0.2, 0.25) is 0 Å². The molecule has 0 fully saturated rings. The Bertz CT molecular complexity index is 467. The molecule has 1 aromatic heterocycles. The molecule has 1 aliphatic rings. The van der Waals surface area contributed by atoms with Crippen LogP contribution in [-0.2, 0) is 0 Å². The number of aromatic nitrogens is 1. The van der Waals surface area contributed by atoms with E-state index in [-0.39, 0.29) is 0 Å². The van der Waals surface area contributed by atoms with Crippen LogP contribution >= 0.6 is 0 Å². The van der Waals surface area contributed by atoms with E-state index in [0.29, 0.717) is 0 Å². The van der Waals surface area contributed by atoms with Crippen molar-refractivity contribution < 1.29 is 0 Å². The van der Waals surface area contributed by atoms with E-state index in [9.17, 15) is 0 Å². The Labute approximate surface area is 90.3 Å². The maximum Gasteiger partial charge on any atom is 0.0796 e. The molecule has 0 N–H and O–H groups in total. The molecule has 0 saturated heterocycles. The van der Waals surface area contributed by atoms with Gasteiger partial charge in [-0.25, -0.2) is 0 Å². The summed E-state index contributed by atoms with van der Waals surface area (Å²) in [5, 5.41) is 0. The summed E-state index contributed by atoms with van der Waals surface area (Å²) >= 11 is 0. The second kappa shape index (κ2) is 3.39. The molecule has 0 atom stereocenters.